The number of nitrogens with one attached hydrogen (secondary N) is 2. The average molecular weight is 350 g/mol. The number of hydrogen-bond acceptors (Lipinski definition) is 4. The third-order valence-corrected chi connectivity index (χ3v) is 5.08. The molecule has 1 aromatic rings. The number of likely N-dealkylation sites (tertiary alicyclic amines) is 1. The summed E-state index contributed by atoms with van der Waals surface area (Å²) in [6, 6.07) is 7.70. The first-order valence-electron chi connectivity index (χ1n) is 8.45. The number of piperidine rings is 1. The number of carbonyl (C=O) groups excluding carboxylic acids is 2. The highest BCUT2D eigenvalue weighted by Gasteiger charge is 2.23. The number of hydrogen-bond donors (Lipinski definition) is 2. The quantitative estimate of drug-likeness (QED) is 0.792. The van der Waals surface area contributed by atoms with E-state index < -0.39 is 0 Å². The third-order valence-electron chi connectivity index (χ3n) is 4.16. The first-order valence-corrected chi connectivity index (χ1v) is 9.60. The van der Waals surface area contributed by atoms with Crippen LogP contribution in [0.2, 0.25) is 0 Å². The first kappa shape index (κ1) is 18.8. The Morgan fingerprint density at radius 1 is 1.25 bits per heavy atom. The van der Waals surface area contributed by atoms with Gasteiger partial charge in [-0.2, -0.15) is 0 Å². The predicted octanol–water partition coefficient (Wildman–Crippen LogP) is 2.12. The van der Waals surface area contributed by atoms with Crippen LogP contribution in [0.25, 0.3) is 0 Å². The molecule has 2 rings (SSSR count). The van der Waals surface area contributed by atoms with Gasteiger partial charge in [-0.3, -0.25) is 9.59 Å². The molecule has 6 heteroatoms. The van der Waals surface area contributed by atoms with Gasteiger partial charge in [-0.1, -0.05) is 17.7 Å². The molecule has 2 N–H and O–H groups in total. The van der Waals surface area contributed by atoms with Crippen molar-refractivity contribution in [2.24, 2.45) is 5.92 Å². The maximum Gasteiger partial charge on any atom is 0.234 e. The Bertz CT molecular complexity index is 546. The van der Waals surface area contributed by atoms with Crippen molar-refractivity contribution in [2.75, 3.05) is 43.5 Å². The summed E-state index contributed by atoms with van der Waals surface area (Å²) in [7, 11) is 1.95. The van der Waals surface area contributed by atoms with Crippen LogP contribution >= 0.6 is 11.8 Å². The molecule has 1 aliphatic heterocycles. The van der Waals surface area contributed by atoms with Crippen LogP contribution in [0, 0.1) is 12.8 Å². The molecule has 1 aromatic carbocycles. The zero-order valence-electron chi connectivity index (χ0n) is 14.5. The van der Waals surface area contributed by atoms with E-state index in [-0.39, 0.29) is 11.8 Å². The number of thioether (sulfide) groups is 1. The van der Waals surface area contributed by atoms with E-state index in [1.165, 1.54) is 18.2 Å². The minimum Gasteiger partial charge on any atom is -0.342 e. The van der Waals surface area contributed by atoms with Crippen LogP contribution in [-0.4, -0.2) is 54.9 Å². The van der Waals surface area contributed by atoms with Crippen LogP contribution in [0.15, 0.2) is 24.3 Å². The van der Waals surface area contributed by atoms with E-state index in [4.69, 9.17) is 0 Å². The molecule has 132 valence electrons. The maximum atomic E-state index is 12.3. The lowest BCUT2D eigenvalue weighted by atomic mass is 9.98. The second-order valence-electron chi connectivity index (χ2n) is 6.31. The maximum absolute atomic E-state index is 12.3. The molecule has 24 heavy (non-hydrogen) atoms. The molecular formula is C18H27N3O2S. The van der Waals surface area contributed by atoms with E-state index in [2.05, 4.69) is 10.6 Å². The van der Waals surface area contributed by atoms with Crippen LogP contribution < -0.4 is 10.6 Å². The molecule has 1 unspecified atom stereocenters. The standard InChI is InChI=1S/C18H27N3O2S/c1-14-5-7-16(8-6-14)20-17(22)12-24-13-18(23)21-9-3-4-15(11-21)10-19-2/h5-8,15,19H,3-4,9-13H2,1-2H3,(H,20,22). The molecule has 0 aliphatic carbocycles. The second-order valence-corrected chi connectivity index (χ2v) is 7.30. The van der Waals surface area contributed by atoms with Crippen LogP contribution in [0.4, 0.5) is 5.69 Å². The lowest BCUT2D eigenvalue weighted by Crippen LogP contribution is -2.43. The van der Waals surface area contributed by atoms with Gasteiger partial charge < -0.3 is 15.5 Å². The Balaban J connectivity index is 1.68. The smallest absolute Gasteiger partial charge is 0.234 e. The van der Waals surface area contributed by atoms with E-state index in [9.17, 15) is 9.59 Å². The number of aryl methyl sites for hydroxylation is 1. The van der Waals surface area contributed by atoms with Crippen LogP contribution in [0.5, 0.6) is 0 Å². The van der Waals surface area contributed by atoms with Crippen molar-refractivity contribution in [3.63, 3.8) is 0 Å². The Morgan fingerprint density at radius 2 is 2.00 bits per heavy atom. The molecule has 0 bridgehead atoms. The fraction of sp³-hybridized carbons (Fsp3) is 0.556. The van der Waals surface area contributed by atoms with Crippen LogP contribution in [0.3, 0.4) is 0 Å². The zero-order chi connectivity index (χ0) is 17.4. The van der Waals surface area contributed by atoms with E-state index in [1.807, 2.05) is 43.1 Å². The molecule has 1 aliphatic rings. The Labute approximate surface area is 148 Å². The summed E-state index contributed by atoms with van der Waals surface area (Å²) in [5, 5.41) is 6.04. The topological polar surface area (TPSA) is 61.4 Å². The molecular weight excluding hydrogens is 322 g/mol. The van der Waals surface area contributed by atoms with E-state index in [0.717, 1.165) is 37.3 Å². The Hall–Kier alpha value is -1.53. The highest BCUT2D eigenvalue weighted by molar-refractivity contribution is 8.00. The van der Waals surface area contributed by atoms with E-state index in [1.54, 1.807) is 0 Å². The van der Waals surface area contributed by atoms with Gasteiger partial charge in [-0.05, 0) is 51.4 Å². The van der Waals surface area contributed by atoms with Crippen molar-refractivity contribution >= 4 is 29.3 Å². The summed E-state index contributed by atoms with van der Waals surface area (Å²) in [5.41, 5.74) is 1.95. The monoisotopic (exact) mass is 349 g/mol. The molecule has 0 aromatic heterocycles. The number of benzene rings is 1. The van der Waals surface area contributed by atoms with Crippen molar-refractivity contribution in [3.8, 4) is 0 Å². The fourth-order valence-corrected chi connectivity index (χ4v) is 3.62. The van der Waals surface area contributed by atoms with Gasteiger partial charge in [-0.25, -0.2) is 0 Å². The van der Waals surface area contributed by atoms with Gasteiger partial charge in [-0.15, -0.1) is 11.8 Å². The molecule has 0 radical (unpaired) electrons. The highest BCUT2D eigenvalue weighted by atomic mass is 32.2. The molecule has 2 amide bonds. The average Bonchev–Trinajstić information content (AvgIpc) is 2.57. The summed E-state index contributed by atoms with van der Waals surface area (Å²) in [6.45, 7) is 4.63. The molecule has 0 spiro atoms. The lowest BCUT2D eigenvalue weighted by molar-refractivity contribution is -0.130. The fourth-order valence-electron chi connectivity index (χ4n) is 2.90. The lowest BCUT2D eigenvalue weighted by Gasteiger charge is -2.32. The van der Waals surface area contributed by atoms with Gasteiger partial charge in [0.1, 0.15) is 0 Å². The van der Waals surface area contributed by atoms with Gasteiger partial charge in [0.25, 0.3) is 0 Å². The van der Waals surface area contributed by atoms with Gasteiger partial charge in [0, 0.05) is 18.8 Å². The molecule has 1 saturated heterocycles. The normalized spacial score (nSPS) is 17.6. The molecule has 1 atom stereocenters. The van der Waals surface area contributed by atoms with Gasteiger partial charge in [0.05, 0.1) is 11.5 Å². The van der Waals surface area contributed by atoms with Crippen LogP contribution in [-0.2, 0) is 9.59 Å². The summed E-state index contributed by atoms with van der Waals surface area (Å²) in [6.07, 6.45) is 2.24. The van der Waals surface area contributed by atoms with Gasteiger partial charge in [0.15, 0.2) is 0 Å². The summed E-state index contributed by atoms with van der Waals surface area (Å²) in [5.74, 6) is 1.29. The van der Waals surface area contributed by atoms with E-state index in [0.29, 0.717) is 17.4 Å². The molecule has 1 fully saturated rings. The third kappa shape index (κ3) is 6.17. The number of carbonyl (C=O) groups is 2. The zero-order valence-corrected chi connectivity index (χ0v) is 15.3. The summed E-state index contributed by atoms with van der Waals surface area (Å²) in [4.78, 5) is 26.1. The molecule has 5 nitrogen and oxygen atoms in total. The minimum atomic E-state index is -0.0663. The van der Waals surface area contributed by atoms with Crippen LogP contribution in [0.1, 0.15) is 18.4 Å². The number of anilines is 1. The van der Waals surface area contributed by atoms with Crippen molar-refractivity contribution in [3.05, 3.63) is 29.8 Å². The number of nitrogens with zero attached hydrogens (tertiary/aromatic N) is 1. The van der Waals surface area contributed by atoms with Gasteiger partial charge in [0.2, 0.25) is 11.8 Å². The summed E-state index contributed by atoms with van der Waals surface area (Å²) < 4.78 is 0. The second kappa shape index (κ2) is 9.69. The summed E-state index contributed by atoms with van der Waals surface area (Å²) >= 11 is 1.38. The van der Waals surface area contributed by atoms with Crippen molar-refractivity contribution < 1.29 is 9.59 Å². The number of amides is 2. The molecule has 0 saturated carbocycles. The Kier molecular flexibility index (Phi) is 7.59. The highest BCUT2D eigenvalue weighted by Crippen LogP contribution is 2.17. The minimum absolute atomic E-state index is 0.0663. The first-order chi connectivity index (χ1) is 11.6. The largest absolute Gasteiger partial charge is 0.342 e. The van der Waals surface area contributed by atoms with Crippen molar-refractivity contribution in [1.29, 1.82) is 0 Å². The van der Waals surface area contributed by atoms with Crippen molar-refractivity contribution in [1.82, 2.24) is 10.2 Å². The van der Waals surface area contributed by atoms with E-state index >= 15 is 0 Å². The van der Waals surface area contributed by atoms with Gasteiger partial charge >= 0.3 is 0 Å². The molecule has 1 heterocycles. The predicted molar refractivity (Wildman–Crippen MR) is 100 cm³/mol. The SMILES string of the molecule is CNCC1CCCN(C(=O)CSCC(=O)Nc2ccc(C)cc2)C1. The number of rotatable bonds is 7. The Morgan fingerprint density at radius 3 is 2.71 bits per heavy atom. The van der Waals surface area contributed by atoms with Crippen molar-refractivity contribution in [2.45, 2.75) is 19.8 Å².